The van der Waals surface area contributed by atoms with Gasteiger partial charge < -0.3 is 14.4 Å². The summed E-state index contributed by atoms with van der Waals surface area (Å²) >= 11 is 6.11. The van der Waals surface area contributed by atoms with E-state index in [1.807, 2.05) is 25.1 Å². The molecular formula is C13H17ClN2O2. The predicted octanol–water partition coefficient (Wildman–Crippen LogP) is 2.58. The van der Waals surface area contributed by atoms with Crippen LogP contribution in [0.15, 0.2) is 18.4 Å². The molecule has 98 valence electrons. The molecule has 0 bridgehead atoms. The van der Waals surface area contributed by atoms with Gasteiger partial charge in [-0.3, -0.25) is 0 Å². The van der Waals surface area contributed by atoms with E-state index in [1.165, 1.54) is 0 Å². The molecule has 2 heterocycles. The van der Waals surface area contributed by atoms with Crippen molar-refractivity contribution in [1.82, 2.24) is 4.98 Å². The second kappa shape index (κ2) is 6.61. The molecule has 1 aliphatic heterocycles. The van der Waals surface area contributed by atoms with Crippen molar-refractivity contribution in [2.75, 3.05) is 37.8 Å². The number of anilines is 1. The molecule has 1 aromatic rings. The largest absolute Gasteiger partial charge is 0.501 e. The third-order valence-electron chi connectivity index (χ3n) is 2.63. The van der Waals surface area contributed by atoms with Gasteiger partial charge in [0.05, 0.1) is 31.8 Å². The zero-order valence-corrected chi connectivity index (χ0v) is 11.2. The average molecular weight is 269 g/mol. The van der Waals surface area contributed by atoms with Crippen LogP contribution in [0.5, 0.6) is 0 Å². The highest BCUT2D eigenvalue weighted by Crippen LogP contribution is 2.20. The average Bonchev–Trinajstić information content (AvgIpc) is 2.39. The Hall–Kier alpha value is -1.26. The Bertz CT molecular complexity index is 417. The summed E-state index contributed by atoms with van der Waals surface area (Å²) in [5, 5.41) is 0.683. The minimum Gasteiger partial charge on any atom is -0.501 e. The van der Waals surface area contributed by atoms with Crippen molar-refractivity contribution in [3.8, 4) is 0 Å². The van der Waals surface area contributed by atoms with Gasteiger partial charge in [-0.05, 0) is 25.1 Å². The van der Waals surface area contributed by atoms with Crippen LogP contribution in [0.2, 0.25) is 5.02 Å². The molecule has 0 aromatic carbocycles. The van der Waals surface area contributed by atoms with E-state index in [4.69, 9.17) is 21.1 Å². The Morgan fingerprint density at radius 2 is 2.22 bits per heavy atom. The van der Waals surface area contributed by atoms with Gasteiger partial charge >= 0.3 is 0 Å². The van der Waals surface area contributed by atoms with Gasteiger partial charge in [-0.2, -0.15) is 0 Å². The third-order valence-corrected chi connectivity index (χ3v) is 2.85. The summed E-state index contributed by atoms with van der Waals surface area (Å²) < 4.78 is 10.5. The molecule has 1 saturated heterocycles. The van der Waals surface area contributed by atoms with Crippen LogP contribution in [0, 0.1) is 0 Å². The van der Waals surface area contributed by atoms with Crippen molar-refractivity contribution in [2.24, 2.45) is 0 Å². The number of pyridine rings is 1. The SMILES string of the molecule is CCO/C=C/c1cc(Cl)cc(N2CCOCC2)n1. The van der Waals surface area contributed by atoms with Crippen molar-refractivity contribution in [3.63, 3.8) is 0 Å². The number of aromatic nitrogens is 1. The first-order valence-corrected chi connectivity index (χ1v) is 6.46. The lowest BCUT2D eigenvalue weighted by molar-refractivity contribution is 0.122. The van der Waals surface area contributed by atoms with Gasteiger partial charge in [0.15, 0.2) is 0 Å². The maximum absolute atomic E-state index is 6.11. The minimum absolute atomic E-state index is 0.646. The maximum Gasteiger partial charge on any atom is 0.130 e. The first kappa shape index (κ1) is 13.2. The number of hydrogen-bond donors (Lipinski definition) is 0. The Kier molecular flexibility index (Phi) is 4.84. The zero-order chi connectivity index (χ0) is 12.8. The highest BCUT2D eigenvalue weighted by Gasteiger charge is 2.13. The molecule has 0 unspecified atom stereocenters. The molecule has 4 nitrogen and oxygen atoms in total. The molecular weight excluding hydrogens is 252 g/mol. The van der Waals surface area contributed by atoms with Gasteiger partial charge in [-0.15, -0.1) is 0 Å². The van der Waals surface area contributed by atoms with Gasteiger partial charge in [0, 0.05) is 18.1 Å². The Labute approximate surface area is 112 Å². The fourth-order valence-corrected chi connectivity index (χ4v) is 1.97. The van der Waals surface area contributed by atoms with Gasteiger partial charge in [-0.1, -0.05) is 11.6 Å². The van der Waals surface area contributed by atoms with E-state index in [9.17, 15) is 0 Å². The summed E-state index contributed by atoms with van der Waals surface area (Å²) in [5.41, 5.74) is 0.803. The van der Waals surface area contributed by atoms with Crippen LogP contribution in [-0.2, 0) is 9.47 Å². The third kappa shape index (κ3) is 3.62. The lowest BCUT2D eigenvalue weighted by atomic mass is 10.3. The smallest absolute Gasteiger partial charge is 0.130 e. The fourth-order valence-electron chi connectivity index (χ4n) is 1.76. The van der Waals surface area contributed by atoms with E-state index in [0.29, 0.717) is 11.6 Å². The molecule has 18 heavy (non-hydrogen) atoms. The van der Waals surface area contributed by atoms with Crippen molar-refractivity contribution in [3.05, 3.63) is 29.1 Å². The normalized spacial score (nSPS) is 16.2. The van der Waals surface area contributed by atoms with Crippen molar-refractivity contribution in [2.45, 2.75) is 6.92 Å². The minimum atomic E-state index is 0.646. The molecule has 5 heteroatoms. The summed E-state index contributed by atoms with van der Waals surface area (Å²) in [6, 6.07) is 3.70. The molecule has 0 amide bonds. The van der Waals surface area contributed by atoms with Gasteiger partial charge in [0.2, 0.25) is 0 Å². The summed E-state index contributed by atoms with van der Waals surface area (Å²) in [5.74, 6) is 0.891. The van der Waals surface area contributed by atoms with Crippen LogP contribution in [0.4, 0.5) is 5.82 Å². The standard InChI is InChI=1S/C13H17ClN2O2/c1-2-17-6-3-12-9-11(14)10-13(15-12)16-4-7-18-8-5-16/h3,6,9-10H,2,4-5,7-8H2,1H3/b6-3+. The lowest BCUT2D eigenvalue weighted by Crippen LogP contribution is -2.36. The quantitative estimate of drug-likeness (QED) is 0.786. The molecule has 2 rings (SSSR count). The van der Waals surface area contributed by atoms with Crippen LogP contribution in [0.25, 0.3) is 6.08 Å². The molecule has 0 aliphatic carbocycles. The Morgan fingerprint density at radius 1 is 1.44 bits per heavy atom. The summed E-state index contributed by atoms with van der Waals surface area (Å²) in [6.07, 6.45) is 3.46. The highest BCUT2D eigenvalue weighted by atomic mass is 35.5. The fraction of sp³-hybridized carbons (Fsp3) is 0.462. The van der Waals surface area contributed by atoms with E-state index in [-0.39, 0.29) is 0 Å². The van der Waals surface area contributed by atoms with Gasteiger partial charge in [0.1, 0.15) is 5.82 Å². The molecule has 0 atom stereocenters. The highest BCUT2D eigenvalue weighted by molar-refractivity contribution is 6.30. The van der Waals surface area contributed by atoms with Gasteiger partial charge in [0.25, 0.3) is 0 Å². The molecule has 0 saturated carbocycles. The summed E-state index contributed by atoms with van der Waals surface area (Å²) in [6.45, 7) is 5.75. The van der Waals surface area contributed by atoms with E-state index >= 15 is 0 Å². The number of morpholine rings is 1. The first-order valence-electron chi connectivity index (χ1n) is 6.08. The number of ether oxygens (including phenoxy) is 2. The maximum atomic E-state index is 6.11. The molecule has 1 aliphatic rings. The van der Waals surface area contributed by atoms with Crippen molar-refractivity contribution < 1.29 is 9.47 Å². The van der Waals surface area contributed by atoms with Crippen LogP contribution < -0.4 is 4.90 Å². The molecule has 0 N–H and O–H groups in total. The van der Waals surface area contributed by atoms with Crippen LogP contribution in [0.3, 0.4) is 0 Å². The predicted molar refractivity (Wildman–Crippen MR) is 72.9 cm³/mol. The van der Waals surface area contributed by atoms with Crippen LogP contribution in [-0.4, -0.2) is 37.9 Å². The van der Waals surface area contributed by atoms with E-state index in [2.05, 4.69) is 9.88 Å². The Balaban J connectivity index is 2.14. The van der Waals surface area contributed by atoms with Crippen molar-refractivity contribution >= 4 is 23.5 Å². The van der Waals surface area contributed by atoms with Gasteiger partial charge in [-0.25, -0.2) is 4.98 Å². The van der Waals surface area contributed by atoms with Crippen LogP contribution >= 0.6 is 11.6 Å². The molecule has 0 radical (unpaired) electrons. The van der Waals surface area contributed by atoms with E-state index in [0.717, 1.165) is 37.8 Å². The summed E-state index contributed by atoms with van der Waals surface area (Å²) in [7, 11) is 0. The zero-order valence-electron chi connectivity index (χ0n) is 10.4. The first-order chi connectivity index (χ1) is 8.79. The van der Waals surface area contributed by atoms with E-state index in [1.54, 1.807) is 6.26 Å². The molecule has 1 aromatic heterocycles. The second-order valence-electron chi connectivity index (χ2n) is 3.93. The summed E-state index contributed by atoms with van der Waals surface area (Å²) in [4.78, 5) is 6.72. The lowest BCUT2D eigenvalue weighted by Gasteiger charge is -2.28. The van der Waals surface area contributed by atoms with Crippen LogP contribution in [0.1, 0.15) is 12.6 Å². The molecule has 1 fully saturated rings. The second-order valence-corrected chi connectivity index (χ2v) is 4.36. The Morgan fingerprint density at radius 3 is 2.94 bits per heavy atom. The monoisotopic (exact) mass is 268 g/mol. The van der Waals surface area contributed by atoms with Crippen molar-refractivity contribution in [1.29, 1.82) is 0 Å². The molecule has 0 spiro atoms. The van der Waals surface area contributed by atoms with E-state index < -0.39 is 0 Å². The number of hydrogen-bond acceptors (Lipinski definition) is 4. The number of nitrogens with zero attached hydrogens (tertiary/aromatic N) is 2. The number of rotatable bonds is 4. The topological polar surface area (TPSA) is 34.6 Å². The number of halogens is 1.